The molecule has 0 nitrogen and oxygen atoms in total. The Bertz CT molecular complexity index is 298. The van der Waals surface area contributed by atoms with Crippen molar-refractivity contribution in [1.29, 1.82) is 0 Å². The maximum atomic E-state index is 6.24. The smallest absolute Gasteiger partial charge is 0.0297 e. The van der Waals surface area contributed by atoms with E-state index in [2.05, 4.69) is 16.8 Å². The SMILES string of the molecule is ClCC(CCl)(Cc1ccsc1)C1CCCC1. The van der Waals surface area contributed by atoms with E-state index in [9.17, 15) is 0 Å². The van der Waals surface area contributed by atoms with Gasteiger partial charge in [0.15, 0.2) is 0 Å². The van der Waals surface area contributed by atoms with E-state index in [0.29, 0.717) is 11.8 Å². The fourth-order valence-electron chi connectivity index (χ4n) is 2.83. The normalized spacial score (nSPS) is 18.1. The first-order valence-corrected chi connectivity index (χ1v) is 7.95. The van der Waals surface area contributed by atoms with Crippen LogP contribution in [0.4, 0.5) is 0 Å². The number of halogens is 2. The van der Waals surface area contributed by atoms with Gasteiger partial charge in [-0.15, -0.1) is 23.2 Å². The summed E-state index contributed by atoms with van der Waals surface area (Å²) in [5, 5.41) is 4.36. The van der Waals surface area contributed by atoms with Crippen LogP contribution in [-0.4, -0.2) is 11.8 Å². The summed E-state index contributed by atoms with van der Waals surface area (Å²) in [5.41, 5.74) is 1.53. The summed E-state index contributed by atoms with van der Waals surface area (Å²) in [6.07, 6.45) is 6.37. The molecule has 0 aromatic carbocycles. The van der Waals surface area contributed by atoms with Gasteiger partial charge in [-0.2, -0.15) is 11.3 Å². The van der Waals surface area contributed by atoms with Crippen molar-refractivity contribution in [2.75, 3.05) is 11.8 Å². The summed E-state index contributed by atoms with van der Waals surface area (Å²) >= 11 is 14.2. The van der Waals surface area contributed by atoms with Crippen molar-refractivity contribution in [3.63, 3.8) is 0 Å². The number of thiophene rings is 1. The molecule has 1 aromatic heterocycles. The van der Waals surface area contributed by atoms with E-state index < -0.39 is 0 Å². The molecular weight excluding hydrogens is 259 g/mol. The summed E-state index contributed by atoms with van der Waals surface area (Å²) in [6.45, 7) is 0. The molecule has 1 fully saturated rings. The number of rotatable bonds is 5. The second-order valence-corrected chi connectivity index (χ2v) is 6.23. The van der Waals surface area contributed by atoms with Crippen LogP contribution < -0.4 is 0 Å². The highest BCUT2D eigenvalue weighted by molar-refractivity contribution is 7.07. The lowest BCUT2D eigenvalue weighted by molar-refractivity contribution is 0.225. The highest BCUT2D eigenvalue weighted by atomic mass is 35.5. The van der Waals surface area contributed by atoms with E-state index in [1.165, 1.54) is 31.2 Å². The lowest BCUT2D eigenvalue weighted by Gasteiger charge is -2.35. The van der Waals surface area contributed by atoms with Gasteiger partial charge in [0, 0.05) is 17.2 Å². The van der Waals surface area contributed by atoms with Crippen LogP contribution in [0.2, 0.25) is 0 Å². The average molecular weight is 277 g/mol. The van der Waals surface area contributed by atoms with Gasteiger partial charge in [0.1, 0.15) is 0 Å². The molecule has 3 heteroatoms. The van der Waals surface area contributed by atoms with Gasteiger partial charge in [-0.25, -0.2) is 0 Å². The largest absolute Gasteiger partial charge is 0.152 e. The van der Waals surface area contributed by atoms with Crippen LogP contribution >= 0.6 is 34.5 Å². The molecule has 0 spiro atoms. The average Bonchev–Trinajstić information content (AvgIpc) is 2.99. The van der Waals surface area contributed by atoms with E-state index in [0.717, 1.165) is 12.3 Å². The topological polar surface area (TPSA) is 0 Å². The highest BCUT2D eigenvalue weighted by Gasteiger charge is 2.38. The molecule has 1 saturated carbocycles. The Balaban J connectivity index is 2.13. The lowest BCUT2D eigenvalue weighted by Crippen LogP contribution is -2.35. The molecule has 1 heterocycles. The summed E-state index contributed by atoms with van der Waals surface area (Å²) < 4.78 is 0. The molecular formula is C13H18Cl2S. The molecule has 90 valence electrons. The zero-order valence-electron chi connectivity index (χ0n) is 9.42. The molecule has 1 aliphatic carbocycles. The molecule has 0 saturated heterocycles. The Morgan fingerprint density at radius 3 is 2.44 bits per heavy atom. The first-order valence-electron chi connectivity index (χ1n) is 5.94. The second kappa shape index (κ2) is 5.75. The molecule has 0 bridgehead atoms. The fourth-order valence-corrected chi connectivity index (χ4v) is 4.41. The van der Waals surface area contributed by atoms with Gasteiger partial charge in [0.25, 0.3) is 0 Å². The summed E-state index contributed by atoms with van der Waals surface area (Å²) in [5.74, 6) is 2.11. The van der Waals surface area contributed by atoms with Crippen LogP contribution in [0.15, 0.2) is 16.8 Å². The van der Waals surface area contributed by atoms with Gasteiger partial charge in [-0.05, 0) is 47.6 Å². The molecule has 0 radical (unpaired) electrons. The van der Waals surface area contributed by atoms with Crippen LogP contribution in [0, 0.1) is 11.3 Å². The van der Waals surface area contributed by atoms with Crippen LogP contribution in [0.3, 0.4) is 0 Å². The molecule has 0 aliphatic heterocycles. The predicted octanol–water partition coefficient (Wildman–Crippen LogP) is 4.94. The van der Waals surface area contributed by atoms with Crippen molar-refractivity contribution < 1.29 is 0 Å². The third-order valence-electron chi connectivity index (χ3n) is 3.89. The Morgan fingerprint density at radius 1 is 1.25 bits per heavy atom. The minimum atomic E-state index is 0.126. The van der Waals surface area contributed by atoms with Crippen LogP contribution in [-0.2, 0) is 6.42 Å². The Hall–Kier alpha value is 0.280. The quantitative estimate of drug-likeness (QED) is 0.668. The van der Waals surface area contributed by atoms with Crippen LogP contribution in [0.25, 0.3) is 0 Å². The standard InChI is InChI=1S/C13H18Cl2S/c14-9-13(10-15,12-3-1-2-4-12)7-11-5-6-16-8-11/h5-6,8,12H,1-4,7,9-10H2. The fraction of sp³-hybridized carbons (Fsp3) is 0.692. The lowest BCUT2D eigenvalue weighted by atomic mass is 9.73. The van der Waals surface area contributed by atoms with Gasteiger partial charge in [0.05, 0.1) is 0 Å². The van der Waals surface area contributed by atoms with Gasteiger partial charge < -0.3 is 0 Å². The molecule has 16 heavy (non-hydrogen) atoms. The summed E-state index contributed by atoms with van der Waals surface area (Å²) in [4.78, 5) is 0. The van der Waals surface area contributed by atoms with Crippen molar-refractivity contribution in [3.8, 4) is 0 Å². The first kappa shape index (κ1) is 12.7. The number of hydrogen-bond acceptors (Lipinski definition) is 1. The first-order chi connectivity index (χ1) is 7.80. The Morgan fingerprint density at radius 2 is 1.94 bits per heavy atom. The molecule has 1 aliphatic rings. The van der Waals surface area contributed by atoms with Gasteiger partial charge >= 0.3 is 0 Å². The molecule has 0 N–H and O–H groups in total. The zero-order chi connectivity index (χ0) is 11.4. The zero-order valence-corrected chi connectivity index (χ0v) is 11.8. The monoisotopic (exact) mass is 276 g/mol. The highest BCUT2D eigenvalue weighted by Crippen LogP contribution is 2.44. The van der Waals surface area contributed by atoms with E-state index >= 15 is 0 Å². The number of alkyl halides is 2. The van der Waals surface area contributed by atoms with Gasteiger partial charge in [0.2, 0.25) is 0 Å². The van der Waals surface area contributed by atoms with E-state index in [1.54, 1.807) is 11.3 Å². The van der Waals surface area contributed by atoms with E-state index in [1.807, 2.05) is 0 Å². The molecule has 1 aromatic rings. The van der Waals surface area contributed by atoms with Gasteiger partial charge in [-0.1, -0.05) is 12.8 Å². The van der Waals surface area contributed by atoms with Crippen molar-refractivity contribution in [2.24, 2.45) is 11.3 Å². The maximum absolute atomic E-state index is 6.24. The third kappa shape index (κ3) is 2.57. The predicted molar refractivity (Wildman–Crippen MR) is 73.9 cm³/mol. The van der Waals surface area contributed by atoms with Crippen molar-refractivity contribution in [1.82, 2.24) is 0 Å². The Labute approximate surface area is 112 Å². The van der Waals surface area contributed by atoms with Crippen molar-refractivity contribution in [3.05, 3.63) is 22.4 Å². The van der Waals surface area contributed by atoms with Crippen LogP contribution in [0.5, 0.6) is 0 Å². The van der Waals surface area contributed by atoms with Crippen molar-refractivity contribution in [2.45, 2.75) is 32.1 Å². The summed E-state index contributed by atoms with van der Waals surface area (Å²) in [6, 6.07) is 2.20. The Kier molecular flexibility index (Phi) is 4.57. The maximum Gasteiger partial charge on any atom is 0.0297 e. The number of hydrogen-bond donors (Lipinski definition) is 0. The van der Waals surface area contributed by atoms with E-state index in [-0.39, 0.29) is 5.41 Å². The van der Waals surface area contributed by atoms with Gasteiger partial charge in [-0.3, -0.25) is 0 Å². The van der Waals surface area contributed by atoms with Crippen molar-refractivity contribution >= 4 is 34.5 Å². The molecule has 0 amide bonds. The molecule has 0 atom stereocenters. The summed E-state index contributed by atoms with van der Waals surface area (Å²) in [7, 11) is 0. The minimum absolute atomic E-state index is 0.126. The molecule has 2 rings (SSSR count). The second-order valence-electron chi connectivity index (χ2n) is 4.92. The molecule has 0 unspecified atom stereocenters. The third-order valence-corrected chi connectivity index (χ3v) is 5.69. The minimum Gasteiger partial charge on any atom is -0.152 e. The van der Waals surface area contributed by atoms with E-state index in [4.69, 9.17) is 23.2 Å². The van der Waals surface area contributed by atoms with Crippen LogP contribution in [0.1, 0.15) is 31.2 Å².